The minimum atomic E-state index is 0.265. The predicted octanol–water partition coefficient (Wildman–Crippen LogP) is 1.75. The molecular weight excluding hydrogens is 190 g/mol. The first-order valence-electron chi connectivity index (χ1n) is 5.44. The van der Waals surface area contributed by atoms with Crippen LogP contribution in [-0.2, 0) is 4.74 Å². The van der Waals surface area contributed by atoms with Crippen molar-refractivity contribution in [1.29, 1.82) is 0 Å². The van der Waals surface area contributed by atoms with Gasteiger partial charge in [-0.1, -0.05) is 18.2 Å². The molecule has 0 amide bonds. The van der Waals surface area contributed by atoms with Crippen molar-refractivity contribution in [2.24, 2.45) is 0 Å². The van der Waals surface area contributed by atoms with Crippen LogP contribution in [-0.4, -0.2) is 26.4 Å². The van der Waals surface area contributed by atoms with Gasteiger partial charge >= 0.3 is 0 Å². The lowest BCUT2D eigenvalue weighted by Crippen LogP contribution is -2.34. The highest BCUT2D eigenvalue weighted by Gasteiger charge is 2.18. The summed E-state index contributed by atoms with van der Waals surface area (Å²) in [7, 11) is 0. The molecule has 1 saturated heterocycles. The lowest BCUT2D eigenvalue weighted by molar-refractivity contribution is 0.0758. The van der Waals surface area contributed by atoms with Gasteiger partial charge in [0.15, 0.2) is 0 Å². The maximum atomic E-state index is 5.59. The topological polar surface area (TPSA) is 30.5 Å². The van der Waals surface area contributed by atoms with Crippen LogP contribution in [0, 0.1) is 0 Å². The van der Waals surface area contributed by atoms with Gasteiger partial charge in [0.25, 0.3) is 0 Å². The van der Waals surface area contributed by atoms with Crippen LogP contribution in [0.4, 0.5) is 0 Å². The van der Waals surface area contributed by atoms with Crippen molar-refractivity contribution < 1.29 is 9.47 Å². The first-order valence-corrected chi connectivity index (χ1v) is 5.44. The Morgan fingerprint density at radius 3 is 3.07 bits per heavy atom. The van der Waals surface area contributed by atoms with E-state index in [-0.39, 0.29) is 6.04 Å². The van der Waals surface area contributed by atoms with E-state index in [1.807, 2.05) is 25.1 Å². The van der Waals surface area contributed by atoms with E-state index in [1.165, 1.54) is 5.56 Å². The van der Waals surface area contributed by atoms with Gasteiger partial charge in [-0.2, -0.15) is 0 Å². The summed E-state index contributed by atoms with van der Waals surface area (Å²) in [6.45, 7) is 5.13. The number of morpholine rings is 1. The maximum Gasteiger partial charge on any atom is 0.124 e. The fraction of sp³-hybridized carbons (Fsp3) is 0.500. The van der Waals surface area contributed by atoms with Crippen molar-refractivity contribution in [2.75, 3.05) is 26.4 Å². The highest BCUT2D eigenvalue weighted by atomic mass is 16.5. The van der Waals surface area contributed by atoms with E-state index in [0.717, 1.165) is 25.5 Å². The summed E-state index contributed by atoms with van der Waals surface area (Å²) in [4.78, 5) is 0. The second-order valence-electron chi connectivity index (χ2n) is 3.55. The minimum Gasteiger partial charge on any atom is -0.494 e. The number of benzene rings is 1. The molecule has 1 aromatic carbocycles. The number of hydrogen-bond acceptors (Lipinski definition) is 3. The quantitative estimate of drug-likeness (QED) is 0.819. The number of para-hydroxylation sites is 1. The number of hydrogen-bond donors (Lipinski definition) is 1. The van der Waals surface area contributed by atoms with Crippen LogP contribution in [0.1, 0.15) is 18.5 Å². The SMILES string of the molecule is CCOc1ccccc1[C@H]1COCCN1. The summed E-state index contributed by atoms with van der Waals surface area (Å²) in [5, 5.41) is 3.43. The average molecular weight is 207 g/mol. The van der Waals surface area contributed by atoms with E-state index < -0.39 is 0 Å². The molecule has 0 aliphatic carbocycles. The molecule has 2 rings (SSSR count). The van der Waals surface area contributed by atoms with Gasteiger partial charge in [-0.3, -0.25) is 0 Å². The normalized spacial score (nSPS) is 21.3. The van der Waals surface area contributed by atoms with E-state index in [9.17, 15) is 0 Å². The van der Waals surface area contributed by atoms with Crippen molar-refractivity contribution >= 4 is 0 Å². The first kappa shape index (κ1) is 10.5. The van der Waals surface area contributed by atoms with Crippen LogP contribution >= 0.6 is 0 Å². The molecule has 3 heteroatoms. The van der Waals surface area contributed by atoms with Crippen LogP contribution in [0.5, 0.6) is 5.75 Å². The molecule has 1 aromatic rings. The number of nitrogens with one attached hydrogen (secondary N) is 1. The molecule has 0 spiro atoms. The lowest BCUT2D eigenvalue weighted by atomic mass is 10.1. The molecule has 1 aliphatic rings. The van der Waals surface area contributed by atoms with Gasteiger partial charge < -0.3 is 14.8 Å². The van der Waals surface area contributed by atoms with Gasteiger partial charge in [0.1, 0.15) is 5.75 Å². The zero-order valence-corrected chi connectivity index (χ0v) is 9.03. The number of ether oxygens (including phenoxy) is 2. The molecule has 3 nitrogen and oxygen atoms in total. The van der Waals surface area contributed by atoms with Gasteiger partial charge in [0, 0.05) is 12.1 Å². The Kier molecular flexibility index (Phi) is 3.59. The molecule has 0 aromatic heterocycles. The zero-order valence-electron chi connectivity index (χ0n) is 9.03. The van der Waals surface area contributed by atoms with Gasteiger partial charge in [0.05, 0.1) is 25.9 Å². The molecule has 1 atom stereocenters. The highest BCUT2D eigenvalue weighted by molar-refractivity contribution is 5.36. The summed E-state index contributed by atoms with van der Waals surface area (Å²) in [6, 6.07) is 8.40. The Morgan fingerprint density at radius 2 is 2.33 bits per heavy atom. The minimum absolute atomic E-state index is 0.265. The molecule has 0 radical (unpaired) electrons. The Hall–Kier alpha value is -1.06. The van der Waals surface area contributed by atoms with Crippen molar-refractivity contribution in [3.8, 4) is 5.75 Å². The highest BCUT2D eigenvalue weighted by Crippen LogP contribution is 2.26. The Labute approximate surface area is 90.4 Å². The predicted molar refractivity (Wildman–Crippen MR) is 59.2 cm³/mol. The third-order valence-corrected chi connectivity index (χ3v) is 2.52. The van der Waals surface area contributed by atoms with Crippen molar-refractivity contribution in [1.82, 2.24) is 5.32 Å². The number of rotatable bonds is 3. The van der Waals surface area contributed by atoms with Gasteiger partial charge in [0.2, 0.25) is 0 Å². The largest absolute Gasteiger partial charge is 0.494 e. The van der Waals surface area contributed by atoms with E-state index in [2.05, 4.69) is 11.4 Å². The molecule has 1 fully saturated rings. The fourth-order valence-corrected chi connectivity index (χ4v) is 1.82. The summed E-state index contributed by atoms with van der Waals surface area (Å²) in [6.07, 6.45) is 0. The molecule has 1 heterocycles. The second-order valence-corrected chi connectivity index (χ2v) is 3.55. The Balaban J connectivity index is 2.17. The lowest BCUT2D eigenvalue weighted by Gasteiger charge is -2.25. The summed E-state index contributed by atoms with van der Waals surface area (Å²) < 4.78 is 11.0. The van der Waals surface area contributed by atoms with Crippen LogP contribution in [0.3, 0.4) is 0 Å². The van der Waals surface area contributed by atoms with Crippen LogP contribution in [0.2, 0.25) is 0 Å². The maximum absolute atomic E-state index is 5.59. The molecule has 1 aliphatic heterocycles. The summed E-state index contributed by atoms with van der Waals surface area (Å²) in [5.74, 6) is 0.961. The second kappa shape index (κ2) is 5.14. The molecule has 82 valence electrons. The van der Waals surface area contributed by atoms with Crippen LogP contribution in [0.25, 0.3) is 0 Å². The van der Waals surface area contributed by atoms with Gasteiger partial charge in [-0.25, -0.2) is 0 Å². The van der Waals surface area contributed by atoms with Crippen LogP contribution in [0.15, 0.2) is 24.3 Å². The van der Waals surface area contributed by atoms with E-state index in [0.29, 0.717) is 6.61 Å². The average Bonchev–Trinajstić information content (AvgIpc) is 2.31. The molecule has 0 saturated carbocycles. The van der Waals surface area contributed by atoms with E-state index >= 15 is 0 Å². The molecule has 15 heavy (non-hydrogen) atoms. The molecule has 0 bridgehead atoms. The fourth-order valence-electron chi connectivity index (χ4n) is 1.82. The monoisotopic (exact) mass is 207 g/mol. The first-order chi connectivity index (χ1) is 7.42. The standard InChI is InChI=1S/C12H17NO2/c1-2-15-12-6-4-3-5-10(12)11-9-14-8-7-13-11/h3-6,11,13H,2,7-9H2,1H3/t11-/m1/s1. The van der Waals surface area contributed by atoms with Crippen molar-refractivity contribution in [2.45, 2.75) is 13.0 Å². The third-order valence-electron chi connectivity index (χ3n) is 2.52. The smallest absolute Gasteiger partial charge is 0.124 e. The van der Waals surface area contributed by atoms with Crippen molar-refractivity contribution in [3.63, 3.8) is 0 Å². The van der Waals surface area contributed by atoms with E-state index in [1.54, 1.807) is 0 Å². The van der Waals surface area contributed by atoms with Gasteiger partial charge in [-0.15, -0.1) is 0 Å². The van der Waals surface area contributed by atoms with Gasteiger partial charge in [-0.05, 0) is 13.0 Å². The zero-order chi connectivity index (χ0) is 10.5. The Morgan fingerprint density at radius 1 is 1.47 bits per heavy atom. The molecule has 0 unspecified atom stereocenters. The van der Waals surface area contributed by atoms with Crippen molar-refractivity contribution in [3.05, 3.63) is 29.8 Å². The third kappa shape index (κ3) is 2.49. The van der Waals surface area contributed by atoms with E-state index in [4.69, 9.17) is 9.47 Å². The molecule has 1 N–H and O–H groups in total. The summed E-state index contributed by atoms with van der Waals surface area (Å²) >= 11 is 0. The molecular formula is C12H17NO2. The summed E-state index contributed by atoms with van der Waals surface area (Å²) in [5.41, 5.74) is 1.19. The Bertz CT molecular complexity index is 308. The van der Waals surface area contributed by atoms with Crippen LogP contribution < -0.4 is 10.1 Å².